The Morgan fingerprint density at radius 3 is 2.56 bits per heavy atom. The second-order valence-electron chi connectivity index (χ2n) is 7.87. The smallest absolute Gasteiger partial charge is 0.229 e. The lowest BCUT2D eigenvalue weighted by Gasteiger charge is -2.41. The molecule has 142 valence electrons. The molecule has 1 N–H and O–H groups in total. The summed E-state index contributed by atoms with van der Waals surface area (Å²) in [4.78, 5) is 15.3. The van der Waals surface area contributed by atoms with Crippen molar-refractivity contribution in [1.82, 2.24) is 4.90 Å². The van der Waals surface area contributed by atoms with Gasteiger partial charge in [-0.1, -0.05) is 60.7 Å². The number of aliphatic hydroxyl groups is 1. The van der Waals surface area contributed by atoms with Crippen LogP contribution >= 0.6 is 0 Å². The van der Waals surface area contributed by atoms with Gasteiger partial charge in [0.2, 0.25) is 5.91 Å². The number of benzene rings is 2. The number of allylic oxidation sites excluding steroid dienone is 1. The number of hydrogen-bond acceptors (Lipinski definition) is 2. The van der Waals surface area contributed by atoms with Gasteiger partial charge in [0, 0.05) is 5.92 Å². The van der Waals surface area contributed by atoms with Crippen LogP contribution in [-0.2, 0) is 17.6 Å². The van der Waals surface area contributed by atoms with Gasteiger partial charge in [-0.05, 0) is 56.2 Å². The van der Waals surface area contributed by atoms with Crippen LogP contribution in [0.5, 0.6) is 0 Å². The highest BCUT2D eigenvalue weighted by molar-refractivity contribution is 5.80. The zero-order chi connectivity index (χ0) is 19.4. The first-order valence-corrected chi connectivity index (χ1v) is 9.70. The maximum atomic E-state index is 13.6. The fourth-order valence-electron chi connectivity index (χ4n) is 4.18. The zero-order valence-corrected chi connectivity index (χ0v) is 16.3. The van der Waals surface area contributed by atoms with Crippen molar-refractivity contribution in [3.63, 3.8) is 0 Å². The lowest BCUT2D eigenvalue weighted by Crippen LogP contribution is -2.51. The number of nitrogens with zero attached hydrogens (tertiary/aromatic N) is 1. The van der Waals surface area contributed by atoms with E-state index in [2.05, 4.69) is 18.7 Å². The van der Waals surface area contributed by atoms with Crippen molar-refractivity contribution in [3.05, 3.63) is 83.9 Å². The molecule has 0 fully saturated rings. The van der Waals surface area contributed by atoms with Crippen LogP contribution in [0.3, 0.4) is 0 Å². The van der Waals surface area contributed by atoms with Crippen molar-refractivity contribution in [2.45, 2.75) is 51.3 Å². The van der Waals surface area contributed by atoms with Gasteiger partial charge in [0.05, 0.1) is 6.04 Å². The Labute approximate surface area is 162 Å². The van der Waals surface area contributed by atoms with E-state index in [0.717, 1.165) is 24.0 Å². The number of carbonyl (C=O) groups excluding carboxylic acids is 1. The predicted octanol–water partition coefficient (Wildman–Crippen LogP) is 4.67. The minimum atomic E-state index is -1.23. The predicted molar refractivity (Wildman–Crippen MR) is 109 cm³/mol. The van der Waals surface area contributed by atoms with Gasteiger partial charge in [-0.3, -0.25) is 4.79 Å². The number of carbonyl (C=O) groups is 1. The van der Waals surface area contributed by atoms with Crippen molar-refractivity contribution in [2.75, 3.05) is 0 Å². The molecule has 0 heterocycles. The molecule has 1 amide bonds. The standard InChI is InChI=1S/C24H29NO2/c1-4-10-20(17-18-11-6-5-7-12-18)23(26)25(24(2,3)27)22-16-15-19-13-8-9-14-21(19)22/h4-9,11-14,20,22,27H,1,10,15-17H2,2-3H3/t20?,22-/m1/s1. The molecule has 0 saturated carbocycles. The maximum Gasteiger partial charge on any atom is 0.229 e. The van der Waals surface area contributed by atoms with E-state index in [-0.39, 0.29) is 17.9 Å². The molecule has 2 aromatic rings. The third-order valence-electron chi connectivity index (χ3n) is 5.37. The molecule has 0 radical (unpaired) electrons. The first kappa shape index (κ1) is 19.4. The molecule has 2 aromatic carbocycles. The molecule has 0 spiro atoms. The summed E-state index contributed by atoms with van der Waals surface area (Å²) in [6, 6.07) is 18.2. The van der Waals surface area contributed by atoms with E-state index in [1.807, 2.05) is 42.5 Å². The molecule has 0 aromatic heterocycles. The Morgan fingerprint density at radius 1 is 1.22 bits per heavy atom. The average Bonchev–Trinajstić information content (AvgIpc) is 3.05. The van der Waals surface area contributed by atoms with Gasteiger partial charge >= 0.3 is 0 Å². The molecule has 1 aliphatic rings. The lowest BCUT2D eigenvalue weighted by molar-refractivity contribution is -0.165. The van der Waals surface area contributed by atoms with Crippen molar-refractivity contribution in [1.29, 1.82) is 0 Å². The zero-order valence-electron chi connectivity index (χ0n) is 16.3. The monoisotopic (exact) mass is 363 g/mol. The minimum Gasteiger partial charge on any atom is -0.371 e. The fraction of sp³-hybridized carbons (Fsp3) is 0.375. The van der Waals surface area contributed by atoms with Crippen LogP contribution in [-0.4, -0.2) is 21.6 Å². The van der Waals surface area contributed by atoms with Crippen LogP contribution in [0.2, 0.25) is 0 Å². The Hall–Kier alpha value is -2.39. The molecular weight excluding hydrogens is 334 g/mol. The Balaban J connectivity index is 1.92. The lowest BCUT2D eigenvalue weighted by atomic mass is 9.92. The van der Waals surface area contributed by atoms with Crippen LogP contribution in [0.15, 0.2) is 67.3 Å². The van der Waals surface area contributed by atoms with Gasteiger partial charge in [0.25, 0.3) is 0 Å². The van der Waals surface area contributed by atoms with E-state index in [4.69, 9.17) is 0 Å². The van der Waals surface area contributed by atoms with Gasteiger partial charge in [0.1, 0.15) is 5.72 Å². The van der Waals surface area contributed by atoms with Crippen LogP contribution in [0.25, 0.3) is 0 Å². The quantitative estimate of drug-likeness (QED) is 0.574. The number of hydrogen-bond donors (Lipinski definition) is 1. The summed E-state index contributed by atoms with van der Waals surface area (Å²) in [5.74, 6) is -0.239. The Kier molecular flexibility index (Phi) is 5.81. The highest BCUT2D eigenvalue weighted by atomic mass is 16.3. The van der Waals surface area contributed by atoms with Crippen molar-refractivity contribution < 1.29 is 9.90 Å². The van der Waals surface area contributed by atoms with Crippen LogP contribution in [0.4, 0.5) is 0 Å². The summed E-state index contributed by atoms with van der Waals surface area (Å²) >= 11 is 0. The topological polar surface area (TPSA) is 40.5 Å². The molecule has 1 aliphatic carbocycles. The molecule has 2 atom stereocenters. The van der Waals surface area contributed by atoms with Crippen LogP contribution in [0.1, 0.15) is 49.4 Å². The number of fused-ring (bicyclic) bond motifs is 1. The largest absolute Gasteiger partial charge is 0.371 e. The summed E-state index contributed by atoms with van der Waals surface area (Å²) in [5, 5.41) is 10.9. The SMILES string of the molecule is C=CCC(Cc1ccccc1)C(=O)N([C@@H]1CCc2ccccc21)C(C)(C)O. The average molecular weight is 364 g/mol. The van der Waals surface area contributed by atoms with Gasteiger partial charge in [-0.25, -0.2) is 0 Å². The third-order valence-corrected chi connectivity index (χ3v) is 5.37. The first-order valence-electron chi connectivity index (χ1n) is 9.70. The van der Waals surface area contributed by atoms with Crippen molar-refractivity contribution in [2.24, 2.45) is 5.92 Å². The normalized spacial score (nSPS) is 17.2. The van der Waals surface area contributed by atoms with E-state index < -0.39 is 5.72 Å². The number of rotatable bonds is 7. The molecule has 0 saturated heterocycles. The Morgan fingerprint density at radius 2 is 1.89 bits per heavy atom. The molecule has 0 aliphatic heterocycles. The minimum absolute atomic E-state index is 0.00652. The van der Waals surface area contributed by atoms with E-state index in [1.165, 1.54) is 5.56 Å². The highest BCUT2D eigenvalue weighted by Gasteiger charge is 2.40. The van der Waals surface area contributed by atoms with E-state index in [9.17, 15) is 9.90 Å². The summed E-state index contributed by atoms with van der Waals surface area (Å²) in [7, 11) is 0. The van der Waals surface area contributed by atoms with E-state index in [0.29, 0.717) is 12.8 Å². The summed E-state index contributed by atoms with van der Waals surface area (Å²) in [5.41, 5.74) is 2.33. The van der Waals surface area contributed by atoms with Crippen LogP contribution in [0, 0.1) is 5.92 Å². The third kappa shape index (κ3) is 4.30. The van der Waals surface area contributed by atoms with Crippen LogP contribution < -0.4 is 0 Å². The van der Waals surface area contributed by atoms with Crippen molar-refractivity contribution >= 4 is 5.91 Å². The summed E-state index contributed by atoms with van der Waals surface area (Å²) < 4.78 is 0. The molecule has 27 heavy (non-hydrogen) atoms. The summed E-state index contributed by atoms with van der Waals surface area (Å²) in [6.45, 7) is 7.26. The van der Waals surface area contributed by atoms with Gasteiger partial charge < -0.3 is 10.0 Å². The van der Waals surface area contributed by atoms with Gasteiger partial charge in [0.15, 0.2) is 0 Å². The molecular formula is C24H29NO2. The second kappa shape index (κ2) is 8.10. The highest BCUT2D eigenvalue weighted by Crippen LogP contribution is 2.40. The number of aryl methyl sites for hydroxylation is 1. The molecule has 3 nitrogen and oxygen atoms in total. The second-order valence-corrected chi connectivity index (χ2v) is 7.87. The molecule has 0 bridgehead atoms. The number of amides is 1. The van der Waals surface area contributed by atoms with Gasteiger partial charge in [-0.2, -0.15) is 0 Å². The first-order chi connectivity index (χ1) is 12.9. The molecule has 1 unspecified atom stereocenters. The molecule has 3 heteroatoms. The summed E-state index contributed by atoms with van der Waals surface area (Å²) in [6.07, 6.45) is 4.82. The van der Waals surface area contributed by atoms with E-state index in [1.54, 1.807) is 24.8 Å². The van der Waals surface area contributed by atoms with E-state index >= 15 is 0 Å². The van der Waals surface area contributed by atoms with Gasteiger partial charge in [-0.15, -0.1) is 6.58 Å². The Bertz CT molecular complexity index is 792. The maximum absolute atomic E-state index is 13.6. The fourth-order valence-corrected chi connectivity index (χ4v) is 4.18. The van der Waals surface area contributed by atoms with Crippen molar-refractivity contribution in [3.8, 4) is 0 Å². The molecule has 3 rings (SSSR count).